The van der Waals surface area contributed by atoms with Crippen molar-refractivity contribution in [1.29, 1.82) is 0 Å². The fourth-order valence-electron chi connectivity index (χ4n) is 4.12. The molecule has 5 nitrogen and oxygen atoms in total. The summed E-state index contributed by atoms with van der Waals surface area (Å²) in [7, 11) is 1.46. The van der Waals surface area contributed by atoms with Crippen molar-refractivity contribution in [3.05, 3.63) is 47.7 Å². The Morgan fingerprint density at radius 1 is 1.38 bits per heavy atom. The second kappa shape index (κ2) is 6.07. The van der Waals surface area contributed by atoms with Gasteiger partial charge in [-0.2, -0.15) is 0 Å². The Morgan fingerprint density at radius 3 is 3.08 bits per heavy atom. The number of rotatable bonds is 2. The number of ether oxygens (including phenoxy) is 2. The molecular weight excluding hydrogens is 304 g/mol. The molecular formula is C19H22N2O3. The predicted molar refractivity (Wildman–Crippen MR) is 91.9 cm³/mol. The molecule has 2 aliphatic heterocycles. The van der Waals surface area contributed by atoms with E-state index in [2.05, 4.69) is 28.5 Å². The molecule has 1 saturated heterocycles. The second-order valence-corrected chi connectivity index (χ2v) is 6.55. The van der Waals surface area contributed by atoms with E-state index in [1.54, 1.807) is 0 Å². The molecule has 1 aromatic heterocycles. The first kappa shape index (κ1) is 15.4. The van der Waals surface area contributed by atoms with Crippen LogP contribution in [-0.2, 0) is 19.7 Å². The molecule has 2 aromatic rings. The number of hydrogen-bond acceptors (Lipinski definition) is 4. The minimum atomic E-state index is -0.821. The molecule has 0 bridgehead atoms. The van der Waals surface area contributed by atoms with Crippen molar-refractivity contribution in [1.82, 2.24) is 10.3 Å². The number of methoxy groups -OCH3 is 1. The lowest BCUT2D eigenvalue weighted by atomic mass is 9.67. The number of hydrogen-bond donors (Lipinski definition) is 2. The molecule has 0 radical (unpaired) electrons. The molecule has 4 rings (SSSR count). The van der Waals surface area contributed by atoms with Crippen LogP contribution < -0.4 is 5.32 Å². The monoisotopic (exact) mass is 326 g/mol. The summed E-state index contributed by atoms with van der Waals surface area (Å²) in [5, 5.41) is 4.50. The van der Waals surface area contributed by atoms with Crippen molar-refractivity contribution in [3.63, 3.8) is 0 Å². The molecule has 24 heavy (non-hydrogen) atoms. The van der Waals surface area contributed by atoms with Crippen molar-refractivity contribution in [2.75, 3.05) is 33.4 Å². The van der Waals surface area contributed by atoms with E-state index in [0.29, 0.717) is 13.2 Å². The van der Waals surface area contributed by atoms with Gasteiger partial charge in [-0.3, -0.25) is 4.79 Å². The van der Waals surface area contributed by atoms with Crippen LogP contribution in [0.15, 0.2) is 42.0 Å². The molecule has 2 aliphatic rings. The Labute approximate surface area is 141 Å². The quantitative estimate of drug-likeness (QED) is 0.656. The normalized spacial score (nSPS) is 27.2. The molecule has 126 valence electrons. The van der Waals surface area contributed by atoms with Gasteiger partial charge < -0.3 is 19.8 Å². The highest BCUT2D eigenvalue weighted by molar-refractivity contribution is 5.88. The van der Waals surface area contributed by atoms with E-state index in [9.17, 15) is 4.79 Å². The Balaban J connectivity index is 1.91. The van der Waals surface area contributed by atoms with Crippen molar-refractivity contribution >= 4 is 16.9 Å². The number of esters is 1. The fraction of sp³-hybridized carbons (Fsp3) is 0.421. The molecule has 1 aromatic carbocycles. The van der Waals surface area contributed by atoms with Gasteiger partial charge in [-0.25, -0.2) is 0 Å². The number of para-hydroxylation sites is 1. The van der Waals surface area contributed by atoms with E-state index in [0.717, 1.165) is 36.1 Å². The van der Waals surface area contributed by atoms with Crippen LogP contribution in [0.2, 0.25) is 0 Å². The van der Waals surface area contributed by atoms with Crippen LogP contribution in [-0.4, -0.2) is 44.4 Å². The highest BCUT2D eigenvalue weighted by Gasteiger charge is 2.52. The number of carbonyl (C=O) groups excluding carboxylic acids is 1. The molecule has 0 amide bonds. The van der Waals surface area contributed by atoms with Gasteiger partial charge >= 0.3 is 5.97 Å². The zero-order chi connectivity index (χ0) is 16.6. The number of carbonyl (C=O) groups is 1. The third-order valence-corrected chi connectivity index (χ3v) is 5.33. The zero-order valence-corrected chi connectivity index (χ0v) is 13.8. The maximum absolute atomic E-state index is 13.0. The van der Waals surface area contributed by atoms with Gasteiger partial charge in [0.05, 0.1) is 20.3 Å². The van der Waals surface area contributed by atoms with Crippen LogP contribution in [0.25, 0.3) is 10.9 Å². The van der Waals surface area contributed by atoms with Gasteiger partial charge in [0.1, 0.15) is 5.41 Å². The zero-order valence-electron chi connectivity index (χ0n) is 13.8. The van der Waals surface area contributed by atoms with E-state index in [1.165, 1.54) is 12.7 Å². The van der Waals surface area contributed by atoms with Crippen molar-refractivity contribution in [2.24, 2.45) is 5.92 Å². The van der Waals surface area contributed by atoms with Gasteiger partial charge in [0.15, 0.2) is 0 Å². The van der Waals surface area contributed by atoms with Crippen LogP contribution in [0, 0.1) is 5.92 Å². The lowest BCUT2D eigenvalue weighted by Gasteiger charge is -2.39. The second-order valence-electron chi connectivity index (χ2n) is 6.55. The molecule has 5 heteroatoms. The van der Waals surface area contributed by atoms with Crippen molar-refractivity contribution in [3.8, 4) is 0 Å². The molecule has 0 saturated carbocycles. The van der Waals surface area contributed by atoms with Crippen molar-refractivity contribution in [2.45, 2.75) is 11.8 Å². The van der Waals surface area contributed by atoms with E-state index >= 15 is 0 Å². The average molecular weight is 326 g/mol. The molecule has 1 fully saturated rings. The lowest BCUT2D eigenvalue weighted by molar-refractivity contribution is -0.152. The van der Waals surface area contributed by atoms with E-state index in [-0.39, 0.29) is 11.9 Å². The maximum Gasteiger partial charge on any atom is 0.320 e. The molecule has 0 unspecified atom stereocenters. The number of benzene rings is 1. The third kappa shape index (κ3) is 2.27. The first-order valence-electron chi connectivity index (χ1n) is 8.40. The standard InChI is InChI=1S/C19H22N2O3/c1-23-18(22)19(17-10-13-4-2-3-5-16(13)21-17)12-24-9-7-14-11-20-8-6-15(14)19/h2-5,7,10,15,20-21H,6,8-9,11-12H2,1H3/t15-,19-/m0/s1. The van der Waals surface area contributed by atoms with Gasteiger partial charge in [-0.15, -0.1) is 0 Å². The SMILES string of the molecule is COC(=O)[C@@]1(c2cc3ccccc3[nH]2)COCC=C2CNCC[C@@H]21. The molecule has 3 heterocycles. The first-order valence-corrected chi connectivity index (χ1v) is 8.40. The number of nitrogens with one attached hydrogen (secondary N) is 2. The lowest BCUT2D eigenvalue weighted by Crippen LogP contribution is -2.51. The van der Waals surface area contributed by atoms with Crippen molar-refractivity contribution < 1.29 is 14.3 Å². The summed E-state index contributed by atoms with van der Waals surface area (Å²) in [5.74, 6) is -0.143. The van der Waals surface area contributed by atoms with Crippen LogP contribution in [0.5, 0.6) is 0 Å². The number of H-pyrrole nitrogens is 1. The minimum absolute atomic E-state index is 0.0850. The predicted octanol–water partition coefficient (Wildman–Crippen LogP) is 2.14. The van der Waals surface area contributed by atoms with Crippen LogP contribution in [0.4, 0.5) is 0 Å². The van der Waals surface area contributed by atoms with Gasteiger partial charge in [-0.05, 0) is 30.5 Å². The van der Waals surface area contributed by atoms with E-state index < -0.39 is 5.41 Å². The van der Waals surface area contributed by atoms with Crippen LogP contribution in [0.3, 0.4) is 0 Å². The highest BCUT2D eigenvalue weighted by Crippen LogP contribution is 2.43. The first-order chi connectivity index (χ1) is 11.8. The molecule has 0 spiro atoms. The molecule has 2 N–H and O–H groups in total. The topological polar surface area (TPSA) is 63.4 Å². The summed E-state index contributed by atoms with van der Waals surface area (Å²) < 4.78 is 11.1. The summed E-state index contributed by atoms with van der Waals surface area (Å²) >= 11 is 0. The Bertz CT molecular complexity index is 762. The number of fused-ring (bicyclic) bond motifs is 2. The summed E-state index contributed by atoms with van der Waals surface area (Å²) in [5.41, 5.74) is 2.33. The van der Waals surface area contributed by atoms with Gasteiger partial charge in [-0.1, -0.05) is 29.8 Å². The van der Waals surface area contributed by atoms with Crippen LogP contribution in [0.1, 0.15) is 12.1 Å². The van der Waals surface area contributed by atoms with Gasteiger partial charge in [0, 0.05) is 23.7 Å². The smallest absolute Gasteiger partial charge is 0.320 e. The van der Waals surface area contributed by atoms with Crippen LogP contribution >= 0.6 is 0 Å². The van der Waals surface area contributed by atoms with E-state index in [1.807, 2.05) is 18.2 Å². The third-order valence-electron chi connectivity index (χ3n) is 5.33. The fourth-order valence-corrected chi connectivity index (χ4v) is 4.12. The Morgan fingerprint density at radius 2 is 2.25 bits per heavy atom. The summed E-state index contributed by atoms with van der Waals surface area (Å²) in [4.78, 5) is 16.5. The Hall–Kier alpha value is -2.11. The van der Waals surface area contributed by atoms with Gasteiger partial charge in [0.25, 0.3) is 0 Å². The number of aromatic amines is 1. The summed E-state index contributed by atoms with van der Waals surface area (Å²) in [6.45, 7) is 2.55. The largest absolute Gasteiger partial charge is 0.468 e. The summed E-state index contributed by atoms with van der Waals surface area (Å²) in [6.07, 6.45) is 3.00. The number of aromatic nitrogens is 1. The minimum Gasteiger partial charge on any atom is -0.468 e. The highest BCUT2D eigenvalue weighted by atomic mass is 16.5. The summed E-state index contributed by atoms with van der Waals surface area (Å²) in [6, 6.07) is 10.1. The van der Waals surface area contributed by atoms with Gasteiger partial charge in [0.2, 0.25) is 0 Å². The molecule has 2 atom stereocenters. The average Bonchev–Trinajstić information content (AvgIpc) is 2.96. The maximum atomic E-state index is 13.0. The molecule has 0 aliphatic carbocycles. The van der Waals surface area contributed by atoms with E-state index in [4.69, 9.17) is 9.47 Å². The Kier molecular flexibility index (Phi) is 3.90. The number of piperidine rings is 1.